The summed E-state index contributed by atoms with van der Waals surface area (Å²) in [4.78, 5) is 3.90. The maximum atomic E-state index is 9.38. The largest absolute Gasteiger partial charge is 0.177 e. The van der Waals surface area contributed by atoms with Crippen molar-refractivity contribution in [3.05, 3.63) is 0 Å². The number of hydroxylamine groups is 3. The number of quaternary nitrogens is 1. The molecule has 0 bridgehead atoms. The fraction of sp³-hybridized carbons (Fsp3) is 1.00. The van der Waals surface area contributed by atoms with E-state index >= 15 is 0 Å². The minimum absolute atomic E-state index is 0.0341. The smallest absolute Gasteiger partial charge is 0.146 e. The molecule has 0 amide bonds. The molecule has 0 atom stereocenters. The maximum Gasteiger partial charge on any atom is 0.177 e. The van der Waals surface area contributed by atoms with Gasteiger partial charge in [0, 0.05) is 6.42 Å². The van der Waals surface area contributed by atoms with E-state index in [1.807, 2.05) is 6.92 Å². The van der Waals surface area contributed by atoms with Crippen LogP contribution in [0, 0.1) is 0 Å². The van der Waals surface area contributed by atoms with E-state index in [4.69, 9.17) is 4.84 Å². The third kappa shape index (κ3) is 4.04. The van der Waals surface area contributed by atoms with Crippen LogP contribution in [0.25, 0.3) is 0 Å². The predicted octanol–water partition coefficient (Wildman–Crippen LogP) is 2.26. The molecule has 0 radical (unpaired) electrons. The SMILES string of the molecule is CCCC[N+](O)(O)OC1CCCC1. The Labute approximate surface area is 79.2 Å². The third-order valence-corrected chi connectivity index (χ3v) is 2.42. The molecule has 1 rings (SSSR count). The van der Waals surface area contributed by atoms with Crippen molar-refractivity contribution in [1.82, 2.24) is 0 Å². The van der Waals surface area contributed by atoms with Crippen LogP contribution in [0.5, 0.6) is 0 Å². The highest BCUT2D eigenvalue weighted by Crippen LogP contribution is 2.23. The van der Waals surface area contributed by atoms with Crippen LogP contribution in [0.3, 0.4) is 0 Å². The molecule has 0 aromatic carbocycles. The van der Waals surface area contributed by atoms with E-state index in [2.05, 4.69) is 0 Å². The van der Waals surface area contributed by atoms with E-state index in [1.54, 1.807) is 0 Å². The first-order valence-electron chi connectivity index (χ1n) is 5.16. The lowest BCUT2D eigenvalue weighted by Crippen LogP contribution is -2.44. The zero-order valence-corrected chi connectivity index (χ0v) is 8.28. The second-order valence-electron chi connectivity index (χ2n) is 3.75. The lowest BCUT2D eigenvalue weighted by Gasteiger charge is -2.21. The summed E-state index contributed by atoms with van der Waals surface area (Å²) < 4.78 is 0. The van der Waals surface area contributed by atoms with E-state index < -0.39 is 4.97 Å². The van der Waals surface area contributed by atoms with Gasteiger partial charge < -0.3 is 0 Å². The van der Waals surface area contributed by atoms with Gasteiger partial charge in [-0.2, -0.15) is 0 Å². The summed E-state index contributed by atoms with van der Waals surface area (Å²) in [7, 11) is 0. The zero-order chi connectivity index (χ0) is 9.73. The van der Waals surface area contributed by atoms with Crippen LogP contribution in [0.4, 0.5) is 0 Å². The van der Waals surface area contributed by atoms with Crippen molar-refractivity contribution in [2.45, 2.75) is 51.6 Å². The van der Waals surface area contributed by atoms with Crippen molar-refractivity contribution < 1.29 is 20.2 Å². The summed E-state index contributed by atoms with van der Waals surface area (Å²) in [6.45, 7) is 2.27. The van der Waals surface area contributed by atoms with Gasteiger partial charge in [0.1, 0.15) is 6.10 Å². The lowest BCUT2D eigenvalue weighted by atomic mass is 10.3. The number of nitrogens with zero attached hydrogens (tertiary/aromatic N) is 1. The molecular formula is C9H20NO3+. The van der Waals surface area contributed by atoms with Crippen LogP contribution < -0.4 is 0 Å². The molecule has 0 spiro atoms. The Hall–Kier alpha value is -0.160. The quantitative estimate of drug-likeness (QED) is 0.516. The second kappa shape index (κ2) is 4.91. The average Bonchev–Trinajstić information content (AvgIpc) is 2.52. The molecule has 0 aliphatic heterocycles. The molecule has 4 heteroatoms. The predicted molar refractivity (Wildman–Crippen MR) is 46.9 cm³/mol. The zero-order valence-electron chi connectivity index (χ0n) is 8.28. The van der Waals surface area contributed by atoms with Crippen LogP contribution in [0.1, 0.15) is 45.4 Å². The van der Waals surface area contributed by atoms with Crippen molar-refractivity contribution in [3.63, 3.8) is 0 Å². The summed E-state index contributed by atoms with van der Waals surface area (Å²) in [5, 5.41) is 18.8. The summed E-state index contributed by atoms with van der Waals surface area (Å²) >= 11 is 0. The van der Waals surface area contributed by atoms with Crippen molar-refractivity contribution in [2.24, 2.45) is 0 Å². The first-order chi connectivity index (χ1) is 6.14. The van der Waals surface area contributed by atoms with Gasteiger partial charge in [-0.05, 0) is 12.8 Å². The van der Waals surface area contributed by atoms with Crippen LogP contribution in [-0.4, -0.2) is 28.0 Å². The fourth-order valence-corrected chi connectivity index (χ4v) is 1.65. The molecule has 0 aromatic heterocycles. The summed E-state index contributed by atoms with van der Waals surface area (Å²) in [5.41, 5.74) is 0. The highest BCUT2D eigenvalue weighted by Gasteiger charge is 2.31. The molecule has 13 heavy (non-hydrogen) atoms. The molecule has 1 fully saturated rings. The van der Waals surface area contributed by atoms with Crippen molar-refractivity contribution in [3.8, 4) is 0 Å². The van der Waals surface area contributed by atoms with Gasteiger partial charge >= 0.3 is 0 Å². The van der Waals surface area contributed by atoms with Gasteiger partial charge in [0.05, 0.1) is 4.97 Å². The Morgan fingerprint density at radius 3 is 2.46 bits per heavy atom. The van der Waals surface area contributed by atoms with Crippen LogP contribution in [0.2, 0.25) is 0 Å². The first kappa shape index (κ1) is 10.9. The standard InChI is InChI=1S/C9H20NO3/c1-2-3-8-10(11,12)13-9-6-4-5-7-9/h9,11-12H,2-8H2,1H3/q+1. The summed E-state index contributed by atoms with van der Waals surface area (Å²) in [6.07, 6.45) is 5.92. The Morgan fingerprint density at radius 2 is 1.92 bits per heavy atom. The Bertz CT molecular complexity index is 144. The summed E-state index contributed by atoms with van der Waals surface area (Å²) in [6, 6.07) is 0. The van der Waals surface area contributed by atoms with Crippen LogP contribution in [-0.2, 0) is 4.84 Å². The molecular weight excluding hydrogens is 170 g/mol. The molecule has 0 saturated heterocycles. The number of unbranched alkanes of at least 4 members (excludes halogenated alkanes) is 1. The van der Waals surface area contributed by atoms with E-state index in [-0.39, 0.29) is 12.6 Å². The molecule has 2 N–H and O–H groups in total. The van der Waals surface area contributed by atoms with E-state index in [0.717, 1.165) is 38.5 Å². The van der Waals surface area contributed by atoms with E-state index in [9.17, 15) is 10.4 Å². The van der Waals surface area contributed by atoms with Gasteiger partial charge in [0.25, 0.3) is 0 Å². The minimum Gasteiger partial charge on any atom is -0.146 e. The normalized spacial score (nSPS) is 19.6. The number of hydrogen-bond donors (Lipinski definition) is 2. The van der Waals surface area contributed by atoms with Gasteiger partial charge in [-0.1, -0.05) is 26.2 Å². The Balaban J connectivity index is 2.23. The number of rotatable bonds is 5. The van der Waals surface area contributed by atoms with Crippen LogP contribution >= 0.6 is 0 Å². The second-order valence-corrected chi connectivity index (χ2v) is 3.75. The summed E-state index contributed by atoms with van der Waals surface area (Å²) in [5.74, 6) is 0. The van der Waals surface area contributed by atoms with Gasteiger partial charge in [-0.25, -0.2) is 0 Å². The maximum absolute atomic E-state index is 9.38. The Morgan fingerprint density at radius 1 is 1.31 bits per heavy atom. The minimum atomic E-state index is -1.25. The monoisotopic (exact) mass is 190 g/mol. The highest BCUT2D eigenvalue weighted by atomic mass is 17.1. The average molecular weight is 190 g/mol. The van der Waals surface area contributed by atoms with Gasteiger partial charge in [0.2, 0.25) is 0 Å². The molecule has 1 aliphatic carbocycles. The van der Waals surface area contributed by atoms with E-state index in [0.29, 0.717) is 0 Å². The van der Waals surface area contributed by atoms with Crippen molar-refractivity contribution >= 4 is 0 Å². The van der Waals surface area contributed by atoms with Gasteiger partial charge in [-0.3, -0.25) is 0 Å². The van der Waals surface area contributed by atoms with Gasteiger partial charge in [-0.15, -0.1) is 15.3 Å². The van der Waals surface area contributed by atoms with Gasteiger partial charge in [0.15, 0.2) is 6.54 Å². The molecule has 78 valence electrons. The molecule has 1 aliphatic rings. The number of hydrogen-bond acceptors (Lipinski definition) is 3. The van der Waals surface area contributed by atoms with Crippen LogP contribution in [0.15, 0.2) is 0 Å². The molecule has 0 unspecified atom stereocenters. The lowest BCUT2D eigenvalue weighted by molar-refractivity contribution is -1.37. The Kier molecular flexibility index (Phi) is 4.12. The fourth-order valence-electron chi connectivity index (χ4n) is 1.65. The molecule has 0 heterocycles. The van der Waals surface area contributed by atoms with Crippen molar-refractivity contribution in [2.75, 3.05) is 6.54 Å². The topological polar surface area (TPSA) is 49.7 Å². The van der Waals surface area contributed by atoms with E-state index in [1.165, 1.54) is 0 Å². The van der Waals surface area contributed by atoms with Crippen molar-refractivity contribution in [1.29, 1.82) is 0 Å². The highest BCUT2D eigenvalue weighted by molar-refractivity contribution is 4.64. The first-order valence-corrected chi connectivity index (χ1v) is 5.16. The third-order valence-electron chi connectivity index (χ3n) is 2.42. The molecule has 1 saturated carbocycles. The molecule has 4 nitrogen and oxygen atoms in total. The molecule has 0 aromatic rings.